The predicted molar refractivity (Wildman–Crippen MR) is 128 cm³/mol. The molecule has 0 unspecified atom stereocenters. The van der Waals surface area contributed by atoms with E-state index in [1.807, 2.05) is 48.5 Å². The number of benzene rings is 2. The first-order valence-corrected chi connectivity index (χ1v) is 11.2. The van der Waals surface area contributed by atoms with E-state index < -0.39 is 0 Å². The van der Waals surface area contributed by atoms with Gasteiger partial charge in [-0.05, 0) is 67.4 Å². The summed E-state index contributed by atoms with van der Waals surface area (Å²) in [7, 11) is 0. The molecule has 162 valence electrons. The van der Waals surface area contributed by atoms with Gasteiger partial charge in [-0.1, -0.05) is 0 Å². The summed E-state index contributed by atoms with van der Waals surface area (Å²) in [6.45, 7) is 3.27. The van der Waals surface area contributed by atoms with Crippen LogP contribution in [0.1, 0.15) is 12.8 Å². The molecule has 5 nitrogen and oxygen atoms in total. The summed E-state index contributed by atoms with van der Waals surface area (Å²) in [4.78, 5) is 4.87. The molecule has 5 aromatic rings. The third-order valence-electron chi connectivity index (χ3n) is 5.55. The van der Waals surface area contributed by atoms with Gasteiger partial charge in [0.25, 0.3) is 0 Å². The molecule has 0 amide bonds. The predicted octanol–water partition coefficient (Wildman–Crippen LogP) is 5.93. The van der Waals surface area contributed by atoms with Gasteiger partial charge >= 0.3 is 0 Å². The summed E-state index contributed by atoms with van der Waals surface area (Å²) < 4.78 is 16.3. The van der Waals surface area contributed by atoms with Crippen LogP contribution in [0.3, 0.4) is 0 Å². The number of nitrogens with zero attached hydrogens (tertiary/aromatic N) is 3. The molecule has 0 radical (unpaired) electrons. The van der Waals surface area contributed by atoms with Crippen LogP contribution in [-0.4, -0.2) is 27.3 Å². The highest BCUT2D eigenvalue weighted by Gasteiger charge is 2.05. The van der Waals surface area contributed by atoms with Gasteiger partial charge in [0.2, 0.25) is 0 Å². The lowest BCUT2D eigenvalue weighted by Gasteiger charge is -2.10. The Kier molecular flexibility index (Phi) is 6.06. The highest BCUT2D eigenvalue weighted by molar-refractivity contribution is 5.93. The van der Waals surface area contributed by atoms with Crippen molar-refractivity contribution in [3.05, 3.63) is 91.5 Å². The molecule has 5 heteroatoms. The fourth-order valence-electron chi connectivity index (χ4n) is 3.87. The van der Waals surface area contributed by atoms with E-state index in [2.05, 4.69) is 52.1 Å². The Morgan fingerprint density at radius 2 is 1.06 bits per heavy atom. The van der Waals surface area contributed by atoms with Crippen LogP contribution in [0.25, 0.3) is 21.8 Å². The number of aromatic nitrogens is 3. The molecule has 32 heavy (non-hydrogen) atoms. The largest absolute Gasteiger partial charge is 0.493 e. The molecule has 3 aromatic heterocycles. The van der Waals surface area contributed by atoms with Crippen molar-refractivity contribution in [3.63, 3.8) is 0 Å². The smallest absolute Gasteiger partial charge is 0.121 e. The van der Waals surface area contributed by atoms with Crippen LogP contribution in [0.5, 0.6) is 11.5 Å². The maximum Gasteiger partial charge on any atom is 0.121 e. The maximum atomic E-state index is 5.96. The molecule has 3 heterocycles. The van der Waals surface area contributed by atoms with Crippen molar-refractivity contribution >= 4 is 21.8 Å². The van der Waals surface area contributed by atoms with Crippen molar-refractivity contribution in [3.8, 4) is 11.5 Å². The molecule has 5 rings (SSSR count). The standard InChI is InChI=1S/C27H27N3O2/c1-2-12-29(11-1)15-5-17-31-24-9-7-22-19-23-8-10-25(21-27(23)28-26(22)20-24)32-18-6-16-30-13-3-4-14-30/h1-4,7-14,19-21H,5-6,15-18H2. The lowest BCUT2D eigenvalue weighted by atomic mass is 10.1. The molecule has 0 saturated carbocycles. The van der Waals surface area contributed by atoms with Crippen LogP contribution in [0.2, 0.25) is 0 Å². The van der Waals surface area contributed by atoms with Gasteiger partial charge in [0.05, 0.1) is 24.2 Å². The molecule has 0 aliphatic heterocycles. The molecule has 0 atom stereocenters. The molecular weight excluding hydrogens is 398 g/mol. The number of fused-ring (bicyclic) bond motifs is 2. The van der Waals surface area contributed by atoms with Gasteiger partial charge in [-0.2, -0.15) is 0 Å². The normalized spacial score (nSPS) is 11.2. The monoisotopic (exact) mass is 425 g/mol. The Morgan fingerprint density at radius 1 is 0.594 bits per heavy atom. The third kappa shape index (κ3) is 4.94. The molecule has 0 fully saturated rings. The number of rotatable bonds is 10. The van der Waals surface area contributed by atoms with E-state index in [9.17, 15) is 0 Å². The summed E-state index contributed by atoms with van der Waals surface area (Å²) in [5.74, 6) is 1.71. The fourth-order valence-corrected chi connectivity index (χ4v) is 3.87. The number of ether oxygens (including phenoxy) is 2. The van der Waals surface area contributed by atoms with Gasteiger partial charge in [-0.25, -0.2) is 4.98 Å². The topological polar surface area (TPSA) is 41.2 Å². The summed E-state index contributed by atoms with van der Waals surface area (Å²) in [5, 5.41) is 2.22. The molecule has 0 spiro atoms. The minimum Gasteiger partial charge on any atom is -0.493 e. The number of aryl methyl sites for hydroxylation is 2. The van der Waals surface area contributed by atoms with Crippen molar-refractivity contribution < 1.29 is 9.47 Å². The van der Waals surface area contributed by atoms with Gasteiger partial charge in [0.15, 0.2) is 0 Å². The number of pyridine rings is 1. The Labute approximate surface area is 187 Å². The Morgan fingerprint density at radius 3 is 1.53 bits per heavy atom. The van der Waals surface area contributed by atoms with E-state index in [1.54, 1.807) is 0 Å². The first kappa shape index (κ1) is 20.2. The van der Waals surface area contributed by atoms with E-state index in [4.69, 9.17) is 14.5 Å². The number of hydrogen-bond acceptors (Lipinski definition) is 3. The second-order valence-corrected chi connectivity index (χ2v) is 7.94. The van der Waals surface area contributed by atoms with Crippen molar-refractivity contribution in [2.75, 3.05) is 13.2 Å². The highest BCUT2D eigenvalue weighted by atomic mass is 16.5. The van der Waals surface area contributed by atoms with Gasteiger partial charge in [0.1, 0.15) is 11.5 Å². The molecular formula is C27H27N3O2. The van der Waals surface area contributed by atoms with Crippen molar-refractivity contribution in [2.45, 2.75) is 25.9 Å². The van der Waals surface area contributed by atoms with Crippen molar-refractivity contribution in [2.24, 2.45) is 0 Å². The Hall–Kier alpha value is -3.73. The molecule has 2 aromatic carbocycles. The first-order chi connectivity index (χ1) is 15.8. The van der Waals surface area contributed by atoms with E-state index in [0.29, 0.717) is 13.2 Å². The molecule has 0 saturated heterocycles. The van der Waals surface area contributed by atoms with Crippen LogP contribution in [0.15, 0.2) is 91.5 Å². The zero-order valence-electron chi connectivity index (χ0n) is 18.1. The summed E-state index contributed by atoms with van der Waals surface area (Å²) in [6.07, 6.45) is 10.2. The lowest BCUT2D eigenvalue weighted by Crippen LogP contribution is -2.03. The summed E-state index contributed by atoms with van der Waals surface area (Å²) in [6, 6.07) is 22.6. The van der Waals surface area contributed by atoms with Gasteiger partial charge in [-0.3, -0.25) is 0 Å². The van der Waals surface area contributed by atoms with Crippen molar-refractivity contribution in [1.29, 1.82) is 0 Å². The third-order valence-corrected chi connectivity index (χ3v) is 5.55. The van der Waals surface area contributed by atoms with Crippen LogP contribution in [0.4, 0.5) is 0 Å². The fraction of sp³-hybridized carbons (Fsp3) is 0.222. The van der Waals surface area contributed by atoms with Crippen molar-refractivity contribution in [1.82, 2.24) is 14.1 Å². The second-order valence-electron chi connectivity index (χ2n) is 7.94. The summed E-state index contributed by atoms with van der Waals surface area (Å²) >= 11 is 0. The SMILES string of the molecule is c1ccn(CCCOc2ccc3cc4ccc(OCCCn5cccc5)cc4nc3c2)c1. The minimum absolute atomic E-state index is 0.679. The number of hydrogen-bond donors (Lipinski definition) is 0. The Balaban J connectivity index is 1.22. The van der Waals surface area contributed by atoms with Gasteiger partial charge in [0, 0.05) is 60.8 Å². The molecule has 0 N–H and O–H groups in total. The van der Waals surface area contributed by atoms with Crippen LogP contribution < -0.4 is 9.47 Å². The first-order valence-electron chi connectivity index (χ1n) is 11.2. The lowest BCUT2D eigenvalue weighted by molar-refractivity contribution is 0.302. The van der Waals surface area contributed by atoms with E-state index in [0.717, 1.165) is 59.2 Å². The van der Waals surface area contributed by atoms with E-state index in [1.165, 1.54) is 0 Å². The molecule has 0 aliphatic carbocycles. The average molecular weight is 426 g/mol. The zero-order valence-corrected chi connectivity index (χ0v) is 18.1. The van der Waals surface area contributed by atoms with Crippen LogP contribution in [-0.2, 0) is 13.1 Å². The quantitative estimate of drug-likeness (QED) is 0.206. The molecule has 0 bridgehead atoms. The van der Waals surface area contributed by atoms with Gasteiger partial charge < -0.3 is 18.6 Å². The van der Waals surface area contributed by atoms with E-state index >= 15 is 0 Å². The zero-order chi connectivity index (χ0) is 21.6. The Bertz CT molecular complexity index is 1180. The highest BCUT2D eigenvalue weighted by Crippen LogP contribution is 2.26. The maximum absolute atomic E-state index is 5.96. The second kappa shape index (κ2) is 9.60. The summed E-state index contributed by atoms with van der Waals surface area (Å²) in [5.41, 5.74) is 1.87. The van der Waals surface area contributed by atoms with Crippen LogP contribution >= 0.6 is 0 Å². The van der Waals surface area contributed by atoms with Gasteiger partial charge in [-0.15, -0.1) is 0 Å². The van der Waals surface area contributed by atoms with Crippen LogP contribution in [0, 0.1) is 0 Å². The minimum atomic E-state index is 0.679. The average Bonchev–Trinajstić information content (AvgIpc) is 3.52. The van der Waals surface area contributed by atoms with E-state index in [-0.39, 0.29) is 0 Å². The molecule has 0 aliphatic rings.